The number of hydrogen-bond donors (Lipinski definition) is 1. The summed E-state index contributed by atoms with van der Waals surface area (Å²) in [5.74, 6) is 1.47. The molecule has 2 N–H and O–H groups in total. The molecular formula is C15H18ClN2O2+. The lowest BCUT2D eigenvalue weighted by Gasteiger charge is -2.11. The summed E-state index contributed by atoms with van der Waals surface area (Å²) in [5, 5.41) is 2.58. The highest BCUT2D eigenvalue weighted by Gasteiger charge is 2.07. The fourth-order valence-corrected chi connectivity index (χ4v) is 1.96. The molecule has 0 aliphatic carbocycles. The van der Waals surface area contributed by atoms with E-state index in [1.807, 2.05) is 31.3 Å². The number of methoxy groups -OCH3 is 1. The molecule has 0 spiro atoms. The maximum absolute atomic E-state index is 5.77. The average Bonchev–Trinajstić information content (AvgIpc) is 2.47. The van der Waals surface area contributed by atoms with Crippen LogP contribution in [-0.4, -0.2) is 19.1 Å². The lowest BCUT2D eigenvalue weighted by Crippen LogP contribution is -2.77. The Kier molecular flexibility index (Phi) is 5.21. The van der Waals surface area contributed by atoms with Crippen LogP contribution in [-0.2, 0) is 13.2 Å². The van der Waals surface area contributed by atoms with Crippen LogP contribution in [0.5, 0.6) is 11.5 Å². The van der Waals surface area contributed by atoms with E-state index in [0.29, 0.717) is 11.8 Å². The molecule has 0 bridgehead atoms. The lowest BCUT2D eigenvalue weighted by molar-refractivity contribution is -0.643. The van der Waals surface area contributed by atoms with Crippen molar-refractivity contribution in [3.05, 3.63) is 52.8 Å². The van der Waals surface area contributed by atoms with Crippen LogP contribution < -0.4 is 14.8 Å². The highest BCUT2D eigenvalue weighted by atomic mass is 35.5. The molecule has 20 heavy (non-hydrogen) atoms. The summed E-state index contributed by atoms with van der Waals surface area (Å²) in [6, 6.07) is 9.61. The minimum atomic E-state index is 0.430. The first-order chi connectivity index (χ1) is 9.72. The molecule has 0 aliphatic rings. The molecule has 0 amide bonds. The van der Waals surface area contributed by atoms with Crippen molar-refractivity contribution in [2.45, 2.75) is 13.2 Å². The molecule has 1 aromatic carbocycles. The predicted octanol–water partition coefficient (Wildman–Crippen LogP) is 2.02. The van der Waals surface area contributed by atoms with Gasteiger partial charge in [0.1, 0.15) is 18.3 Å². The molecule has 0 saturated heterocycles. The Morgan fingerprint density at radius 1 is 1.15 bits per heavy atom. The number of aromatic nitrogens is 1. The second-order valence-electron chi connectivity index (χ2n) is 4.38. The highest BCUT2D eigenvalue weighted by molar-refractivity contribution is 6.29. The fraction of sp³-hybridized carbons (Fsp3) is 0.267. The minimum Gasteiger partial charge on any atom is -0.493 e. The third-order valence-electron chi connectivity index (χ3n) is 2.85. The summed E-state index contributed by atoms with van der Waals surface area (Å²) in [6.07, 6.45) is 1.70. The summed E-state index contributed by atoms with van der Waals surface area (Å²) in [6.45, 7) is 1.34. The van der Waals surface area contributed by atoms with Gasteiger partial charge in [-0.1, -0.05) is 17.7 Å². The monoisotopic (exact) mass is 293 g/mol. The summed E-state index contributed by atoms with van der Waals surface area (Å²) in [4.78, 5) is 4.02. The first-order valence-electron chi connectivity index (χ1n) is 6.41. The number of ether oxygens (including phenoxy) is 2. The number of nitrogens with zero attached hydrogens (tertiary/aromatic N) is 1. The standard InChI is InChI=1S/C15H17ClN2O2/c1-17-8-11-3-5-13(14(7-11)19-2)20-10-12-4-6-15(16)18-9-12/h3-7,9,17H,8,10H2,1-2H3/p+1. The molecule has 5 heteroatoms. The molecule has 0 unspecified atom stereocenters. The van der Waals surface area contributed by atoms with Gasteiger partial charge in [0.25, 0.3) is 0 Å². The fourth-order valence-electron chi connectivity index (χ4n) is 1.85. The Balaban J connectivity index is 2.06. The molecule has 0 radical (unpaired) electrons. The van der Waals surface area contributed by atoms with Crippen LogP contribution in [0.2, 0.25) is 5.15 Å². The molecule has 106 valence electrons. The van der Waals surface area contributed by atoms with Crippen LogP contribution >= 0.6 is 11.6 Å². The van der Waals surface area contributed by atoms with E-state index in [2.05, 4.69) is 10.3 Å². The zero-order chi connectivity index (χ0) is 14.4. The van der Waals surface area contributed by atoms with Crippen molar-refractivity contribution in [3.63, 3.8) is 0 Å². The zero-order valence-corrected chi connectivity index (χ0v) is 12.4. The summed E-state index contributed by atoms with van der Waals surface area (Å²) >= 11 is 5.75. The molecule has 2 aromatic rings. The minimum absolute atomic E-state index is 0.430. The van der Waals surface area contributed by atoms with Crippen LogP contribution in [0, 0.1) is 0 Å². The number of benzene rings is 1. The summed E-state index contributed by atoms with van der Waals surface area (Å²) in [5.41, 5.74) is 2.16. The second-order valence-corrected chi connectivity index (χ2v) is 4.76. The molecule has 2 rings (SSSR count). The topological polar surface area (TPSA) is 48.0 Å². The smallest absolute Gasteiger partial charge is 0.161 e. The van der Waals surface area contributed by atoms with Gasteiger partial charge in [-0.3, -0.25) is 0 Å². The maximum atomic E-state index is 5.77. The van der Waals surface area contributed by atoms with Gasteiger partial charge >= 0.3 is 0 Å². The van der Waals surface area contributed by atoms with Crippen molar-refractivity contribution >= 4 is 11.6 Å². The van der Waals surface area contributed by atoms with Gasteiger partial charge in [0, 0.05) is 17.3 Å². The van der Waals surface area contributed by atoms with Crippen molar-refractivity contribution < 1.29 is 14.8 Å². The highest BCUT2D eigenvalue weighted by Crippen LogP contribution is 2.28. The Hall–Kier alpha value is -1.78. The number of nitrogens with two attached hydrogens (primary N) is 1. The van der Waals surface area contributed by atoms with E-state index < -0.39 is 0 Å². The van der Waals surface area contributed by atoms with Crippen molar-refractivity contribution in [3.8, 4) is 11.5 Å². The van der Waals surface area contributed by atoms with Crippen molar-refractivity contribution in [1.82, 2.24) is 4.98 Å². The molecule has 4 nitrogen and oxygen atoms in total. The van der Waals surface area contributed by atoms with Crippen LogP contribution in [0.1, 0.15) is 11.1 Å². The van der Waals surface area contributed by atoms with Gasteiger partial charge in [0.2, 0.25) is 0 Å². The van der Waals surface area contributed by atoms with Crippen molar-refractivity contribution in [2.75, 3.05) is 14.2 Å². The molecular weight excluding hydrogens is 276 g/mol. The molecule has 1 aromatic heterocycles. The van der Waals surface area contributed by atoms with Gasteiger partial charge in [0.05, 0.1) is 14.2 Å². The van der Waals surface area contributed by atoms with Crippen LogP contribution in [0.4, 0.5) is 0 Å². The Bertz CT molecular complexity index is 558. The summed E-state index contributed by atoms with van der Waals surface area (Å²) < 4.78 is 11.1. The lowest BCUT2D eigenvalue weighted by atomic mass is 10.2. The van der Waals surface area contributed by atoms with Crippen LogP contribution in [0.25, 0.3) is 0 Å². The van der Waals surface area contributed by atoms with Crippen LogP contribution in [0.15, 0.2) is 36.5 Å². The Morgan fingerprint density at radius 3 is 2.60 bits per heavy atom. The first kappa shape index (κ1) is 14.6. The quantitative estimate of drug-likeness (QED) is 0.829. The van der Waals surface area contributed by atoms with E-state index in [4.69, 9.17) is 21.1 Å². The third-order valence-corrected chi connectivity index (χ3v) is 3.07. The number of quaternary nitrogens is 1. The maximum Gasteiger partial charge on any atom is 0.161 e. The van der Waals surface area contributed by atoms with Gasteiger partial charge < -0.3 is 14.8 Å². The molecule has 0 atom stereocenters. The number of halogens is 1. The van der Waals surface area contributed by atoms with Gasteiger partial charge in [-0.25, -0.2) is 4.98 Å². The number of hydrogen-bond acceptors (Lipinski definition) is 3. The van der Waals surface area contributed by atoms with E-state index in [0.717, 1.165) is 23.6 Å². The SMILES string of the molecule is C[NH2+]Cc1ccc(OCc2ccc(Cl)nc2)c(OC)c1. The van der Waals surface area contributed by atoms with Crippen LogP contribution in [0.3, 0.4) is 0 Å². The molecule has 0 aliphatic heterocycles. The Labute approximate surface area is 123 Å². The van der Waals surface area contributed by atoms with Gasteiger partial charge in [-0.05, 0) is 24.3 Å². The normalized spacial score (nSPS) is 10.3. The molecule has 0 fully saturated rings. The van der Waals surface area contributed by atoms with Crippen molar-refractivity contribution in [2.24, 2.45) is 0 Å². The number of pyridine rings is 1. The largest absolute Gasteiger partial charge is 0.493 e. The summed E-state index contributed by atoms with van der Waals surface area (Å²) in [7, 11) is 3.68. The van der Waals surface area contributed by atoms with E-state index in [9.17, 15) is 0 Å². The molecule has 0 saturated carbocycles. The van der Waals surface area contributed by atoms with E-state index in [1.54, 1.807) is 19.4 Å². The van der Waals surface area contributed by atoms with Gasteiger partial charge in [-0.2, -0.15) is 0 Å². The van der Waals surface area contributed by atoms with E-state index in [-0.39, 0.29) is 0 Å². The van der Waals surface area contributed by atoms with Gasteiger partial charge in [0.15, 0.2) is 11.5 Å². The van der Waals surface area contributed by atoms with E-state index in [1.165, 1.54) is 5.56 Å². The first-order valence-corrected chi connectivity index (χ1v) is 6.78. The zero-order valence-electron chi connectivity index (χ0n) is 11.6. The predicted molar refractivity (Wildman–Crippen MR) is 78.1 cm³/mol. The average molecular weight is 294 g/mol. The second kappa shape index (κ2) is 7.12. The number of rotatable bonds is 6. The van der Waals surface area contributed by atoms with Crippen molar-refractivity contribution in [1.29, 1.82) is 0 Å². The third kappa shape index (κ3) is 3.85. The molecule has 1 heterocycles. The van der Waals surface area contributed by atoms with Gasteiger partial charge in [-0.15, -0.1) is 0 Å². The van der Waals surface area contributed by atoms with E-state index >= 15 is 0 Å². The Morgan fingerprint density at radius 2 is 1.95 bits per heavy atom.